The number of nitrogens with one attached hydrogen (secondary N) is 1. The van der Waals surface area contributed by atoms with E-state index in [1.807, 2.05) is 12.1 Å². The fourth-order valence-corrected chi connectivity index (χ4v) is 2.93. The Labute approximate surface area is 152 Å². The number of carbonyl (C=O) groups excluding carboxylic acids is 2. The Hall–Kier alpha value is -2.99. The van der Waals surface area contributed by atoms with Gasteiger partial charge >= 0.3 is 5.97 Å². The monoisotopic (exact) mass is 351 g/mol. The molecule has 1 amide bonds. The Balaban J connectivity index is 1.48. The van der Waals surface area contributed by atoms with Crippen LogP contribution in [0.2, 0.25) is 0 Å². The van der Waals surface area contributed by atoms with Gasteiger partial charge in [-0.15, -0.1) is 0 Å². The maximum Gasteiger partial charge on any atom is 0.337 e. The molecule has 134 valence electrons. The maximum atomic E-state index is 12.1. The summed E-state index contributed by atoms with van der Waals surface area (Å²) in [5.41, 5.74) is 6.44. The summed E-state index contributed by atoms with van der Waals surface area (Å²) in [7, 11) is 1.34. The molecule has 6 nitrogen and oxygen atoms in total. The average Bonchev–Trinajstić information content (AvgIpc) is 2.68. The quantitative estimate of drug-likeness (QED) is 0.508. The molecule has 2 aromatic rings. The smallest absolute Gasteiger partial charge is 0.337 e. The number of carbonyl (C=O) groups is 2. The number of benzene rings is 2. The first-order valence-corrected chi connectivity index (χ1v) is 8.45. The van der Waals surface area contributed by atoms with Gasteiger partial charge < -0.3 is 4.74 Å². The maximum absolute atomic E-state index is 12.1. The Kier molecular flexibility index (Phi) is 5.76. The summed E-state index contributed by atoms with van der Waals surface area (Å²) in [4.78, 5) is 25.6. The molecule has 26 heavy (non-hydrogen) atoms. The summed E-state index contributed by atoms with van der Waals surface area (Å²) in [5.74, 6) is -0.531. The van der Waals surface area contributed by atoms with Crippen molar-refractivity contribution in [3.63, 3.8) is 0 Å². The molecule has 3 rings (SSSR count). The number of esters is 1. The largest absolute Gasteiger partial charge is 0.465 e. The van der Waals surface area contributed by atoms with E-state index in [0.717, 1.165) is 25.1 Å². The Morgan fingerprint density at radius 2 is 1.88 bits per heavy atom. The molecule has 2 aromatic carbocycles. The number of hydrogen-bond donors (Lipinski definition) is 1. The summed E-state index contributed by atoms with van der Waals surface area (Å²) in [6.45, 7) is 1.96. The molecule has 0 saturated heterocycles. The zero-order chi connectivity index (χ0) is 18.4. The zero-order valence-electron chi connectivity index (χ0n) is 14.6. The van der Waals surface area contributed by atoms with Crippen molar-refractivity contribution in [3.8, 4) is 0 Å². The van der Waals surface area contributed by atoms with Gasteiger partial charge in [-0.2, -0.15) is 5.10 Å². The Morgan fingerprint density at radius 3 is 2.62 bits per heavy atom. The van der Waals surface area contributed by atoms with Crippen LogP contribution in [0.5, 0.6) is 0 Å². The van der Waals surface area contributed by atoms with Crippen LogP contribution in [-0.4, -0.2) is 43.2 Å². The van der Waals surface area contributed by atoms with Crippen molar-refractivity contribution < 1.29 is 14.3 Å². The molecule has 0 radical (unpaired) electrons. The molecule has 0 aromatic heterocycles. The number of fused-ring (bicyclic) bond motifs is 1. The first kappa shape index (κ1) is 17.8. The number of rotatable bonds is 5. The lowest BCUT2D eigenvalue weighted by Crippen LogP contribution is -2.38. The summed E-state index contributed by atoms with van der Waals surface area (Å²) >= 11 is 0. The number of hydrogen-bond acceptors (Lipinski definition) is 5. The van der Waals surface area contributed by atoms with E-state index in [0.29, 0.717) is 12.1 Å². The van der Waals surface area contributed by atoms with Gasteiger partial charge in [0.1, 0.15) is 0 Å². The third-order valence-electron chi connectivity index (χ3n) is 4.31. The number of amides is 1. The number of nitrogens with zero attached hydrogens (tertiary/aromatic N) is 2. The van der Waals surface area contributed by atoms with Crippen molar-refractivity contribution >= 4 is 18.1 Å². The highest BCUT2D eigenvalue weighted by atomic mass is 16.5. The molecule has 0 saturated carbocycles. The molecule has 0 fully saturated rings. The van der Waals surface area contributed by atoms with Crippen LogP contribution < -0.4 is 5.43 Å². The third kappa shape index (κ3) is 4.55. The minimum Gasteiger partial charge on any atom is -0.465 e. The fourth-order valence-electron chi connectivity index (χ4n) is 2.93. The third-order valence-corrected chi connectivity index (χ3v) is 4.31. The summed E-state index contributed by atoms with van der Waals surface area (Å²) < 4.78 is 4.65. The van der Waals surface area contributed by atoms with E-state index in [1.54, 1.807) is 30.5 Å². The van der Waals surface area contributed by atoms with Crippen LogP contribution in [0.15, 0.2) is 53.6 Å². The molecule has 0 unspecified atom stereocenters. The van der Waals surface area contributed by atoms with Crippen LogP contribution >= 0.6 is 0 Å². The van der Waals surface area contributed by atoms with E-state index in [1.165, 1.54) is 18.2 Å². The van der Waals surface area contributed by atoms with Crippen molar-refractivity contribution in [2.24, 2.45) is 5.10 Å². The van der Waals surface area contributed by atoms with E-state index >= 15 is 0 Å². The first-order valence-electron chi connectivity index (χ1n) is 8.45. The highest BCUT2D eigenvalue weighted by molar-refractivity contribution is 5.90. The number of hydrazone groups is 1. The van der Waals surface area contributed by atoms with Gasteiger partial charge in [-0.05, 0) is 35.2 Å². The van der Waals surface area contributed by atoms with Gasteiger partial charge in [0.15, 0.2) is 0 Å². The predicted octanol–water partition coefficient (Wildman–Crippen LogP) is 1.98. The van der Waals surface area contributed by atoms with Gasteiger partial charge in [0.05, 0.1) is 25.4 Å². The Morgan fingerprint density at radius 1 is 1.15 bits per heavy atom. The molecule has 1 aliphatic rings. The first-order chi connectivity index (χ1) is 12.7. The van der Waals surface area contributed by atoms with Gasteiger partial charge in [0, 0.05) is 13.1 Å². The minimum absolute atomic E-state index is 0.146. The molecular formula is C20H21N3O3. The average molecular weight is 351 g/mol. The lowest BCUT2D eigenvalue weighted by atomic mass is 10.00. The standard InChI is InChI=1S/C20H21N3O3/c1-26-20(25)17-8-6-15(7-9-17)12-21-22-19(24)14-23-11-10-16-4-2-3-5-18(16)13-23/h2-9,12H,10-11,13-14H2,1H3,(H,22,24)/b21-12-. The second-order valence-electron chi connectivity index (χ2n) is 6.14. The zero-order valence-corrected chi connectivity index (χ0v) is 14.6. The molecule has 0 bridgehead atoms. The van der Waals surface area contributed by atoms with Crippen molar-refractivity contribution in [1.82, 2.24) is 10.3 Å². The van der Waals surface area contributed by atoms with E-state index in [4.69, 9.17) is 0 Å². The van der Waals surface area contributed by atoms with E-state index in [9.17, 15) is 9.59 Å². The predicted molar refractivity (Wildman–Crippen MR) is 98.9 cm³/mol. The molecule has 1 N–H and O–H groups in total. The lowest BCUT2D eigenvalue weighted by Gasteiger charge is -2.27. The van der Waals surface area contributed by atoms with Gasteiger partial charge in [0.25, 0.3) is 5.91 Å². The molecule has 0 atom stereocenters. The van der Waals surface area contributed by atoms with Crippen LogP contribution in [0.1, 0.15) is 27.0 Å². The molecule has 1 aliphatic heterocycles. The molecule has 0 aliphatic carbocycles. The fraction of sp³-hybridized carbons (Fsp3) is 0.250. The van der Waals surface area contributed by atoms with Crippen LogP contribution in [-0.2, 0) is 22.5 Å². The summed E-state index contributed by atoms with van der Waals surface area (Å²) in [6, 6.07) is 15.1. The minimum atomic E-state index is -0.384. The van der Waals surface area contributed by atoms with Crippen molar-refractivity contribution in [2.75, 3.05) is 20.2 Å². The van der Waals surface area contributed by atoms with Gasteiger partial charge in [-0.1, -0.05) is 36.4 Å². The van der Waals surface area contributed by atoms with E-state index in [2.05, 4.69) is 32.3 Å². The van der Waals surface area contributed by atoms with E-state index < -0.39 is 0 Å². The van der Waals surface area contributed by atoms with Gasteiger partial charge in [-0.25, -0.2) is 10.2 Å². The molecule has 6 heteroatoms. The second kappa shape index (κ2) is 8.40. The summed E-state index contributed by atoms with van der Waals surface area (Å²) in [5, 5.41) is 3.98. The summed E-state index contributed by atoms with van der Waals surface area (Å²) in [6.07, 6.45) is 2.50. The van der Waals surface area contributed by atoms with Crippen molar-refractivity contribution in [3.05, 3.63) is 70.8 Å². The SMILES string of the molecule is COC(=O)c1ccc(/C=N\NC(=O)CN2CCc3ccccc3C2)cc1. The topological polar surface area (TPSA) is 71.0 Å². The highest BCUT2D eigenvalue weighted by Crippen LogP contribution is 2.17. The van der Waals surface area contributed by atoms with Crippen LogP contribution in [0.25, 0.3) is 0 Å². The van der Waals surface area contributed by atoms with E-state index in [-0.39, 0.29) is 11.9 Å². The number of ether oxygens (including phenoxy) is 1. The van der Waals surface area contributed by atoms with Crippen LogP contribution in [0.4, 0.5) is 0 Å². The van der Waals surface area contributed by atoms with Crippen LogP contribution in [0, 0.1) is 0 Å². The van der Waals surface area contributed by atoms with Gasteiger partial charge in [0.2, 0.25) is 0 Å². The molecular weight excluding hydrogens is 330 g/mol. The molecule has 0 spiro atoms. The lowest BCUT2D eigenvalue weighted by molar-refractivity contribution is -0.122. The normalized spacial score (nSPS) is 14.0. The van der Waals surface area contributed by atoms with Crippen molar-refractivity contribution in [1.29, 1.82) is 0 Å². The Bertz CT molecular complexity index is 815. The molecule has 1 heterocycles. The van der Waals surface area contributed by atoms with Crippen molar-refractivity contribution in [2.45, 2.75) is 13.0 Å². The number of methoxy groups -OCH3 is 1. The van der Waals surface area contributed by atoms with Crippen LogP contribution in [0.3, 0.4) is 0 Å². The van der Waals surface area contributed by atoms with Gasteiger partial charge in [-0.3, -0.25) is 9.69 Å². The second-order valence-corrected chi connectivity index (χ2v) is 6.14. The highest BCUT2D eigenvalue weighted by Gasteiger charge is 2.17.